The monoisotopic (exact) mass is 725 g/mol. The first-order chi connectivity index (χ1) is 23.4. The van der Waals surface area contributed by atoms with Gasteiger partial charge in [0, 0.05) is 25.4 Å². The summed E-state index contributed by atoms with van der Waals surface area (Å²) in [5.74, 6) is 3.28. The fourth-order valence-corrected chi connectivity index (χ4v) is 11.4. The van der Waals surface area contributed by atoms with Crippen molar-refractivity contribution in [1.29, 1.82) is 0 Å². The van der Waals surface area contributed by atoms with E-state index in [1.165, 1.54) is 132 Å². The van der Waals surface area contributed by atoms with E-state index in [9.17, 15) is 0 Å². The molecule has 48 heavy (non-hydrogen) atoms. The molecule has 4 aromatic heterocycles. The summed E-state index contributed by atoms with van der Waals surface area (Å²) in [6.07, 6.45) is 18.8. The number of thiophene rings is 3. The van der Waals surface area contributed by atoms with E-state index in [1.807, 2.05) is 45.3 Å². The molecule has 5 rings (SSSR count). The lowest BCUT2D eigenvalue weighted by atomic mass is 10.0. The highest BCUT2D eigenvalue weighted by molar-refractivity contribution is 7.29. The molecule has 2 unspecified atom stereocenters. The lowest BCUT2D eigenvalue weighted by Crippen LogP contribution is -2.12. The van der Waals surface area contributed by atoms with E-state index >= 15 is 0 Å². The van der Waals surface area contributed by atoms with Crippen LogP contribution in [0.4, 0.5) is 0 Å². The Morgan fingerprint density at radius 3 is 1.83 bits per heavy atom. The lowest BCUT2D eigenvalue weighted by molar-refractivity contribution is 0.235. The van der Waals surface area contributed by atoms with Crippen molar-refractivity contribution in [3.63, 3.8) is 0 Å². The van der Waals surface area contributed by atoms with Gasteiger partial charge in [-0.2, -0.15) is 0 Å². The van der Waals surface area contributed by atoms with Crippen LogP contribution in [0.5, 0.6) is 11.5 Å². The number of fused-ring (bicyclic) bond motifs is 3. The second-order valence-corrected chi connectivity index (χ2v) is 18.5. The van der Waals surface area contributed by atoms with Crippen molar-refractivity contribution in [3.8, 4) is 21.3 Å². The van der Waals surface area contributed by atoms with Gasteiger partial charge in [-0.1, -0.05) is 105 Å². The molecule has 0 saturated heterocycles. The first-order valence-electron chi connectivity index (χ1n) is 19.1. The molecule has 0 saturated carbocycles. The number of benzene rings is 1. The minimum Gasteiger partial charge on any atom is -0.491 e. The van der Waals surface area contributed by atoms with E-state index in [2.05, 4.69) is 60.6 Å². The zero-order valence-corrected chi connectivity index (χ0v) is 34.0. The molecular weight excluding hydrogens is 667 g/mol. The van der Waals surface area contributed by atoms with Crippen LogP contribution in [0.25, 0.3) is 40.1 Å². The lowest BCUT2D eigenvalue weighted by Gasteiger charge is -2.19. The highest BCUT2D eigenvalue weighted by atomic mass is 32.1. The van der Waals surface area contributed by atoms with Crippen LogP contribution in [0.15, 0.2) is 12.1 Å². The van der Waals surface area contributed by atoms with Crippen LogP contribution in [0.1, 0.15) is 139 Å². The standard InChI is InChI=1S/C41H59NO2S4/c1-8-13-16-17-18-19-22-34-42-35-38(48-34)28(7)46-41(35)33-24-32-37(44-26-30(12-5)21-15-10-3)39-31(23-27(6)45-39)36(40(32)47-33)43-25-29(11-4)20-14-9-2/h23-24,29-30H,8-22,25-26H2,1-7H3. The van der Waals surface area contributed by atoms with Crippen LogP contribution in [0, 0.1) is 25.7 Å². The quantitative estimate of drug-likeness (QED) is 0.0666. The van der Waals surface area contributed by atoms with E-state index < -0.39 is 0 Å². The Labute approximate surface area is 306 Å². The molecule has 0 radical (unpaired) electrons. The summed E-state index contributed by atoms with van der Waals surface area (Å²) in [7, 11) is 0. The van der Waals surface area contributed by atoms with Gasteiger partial charge in [-0.25, -0.2) is 4.98 Å². The number of aryl methyl sites for hydroxylation is 3. The Hall–Kier alpha value is -1.67. The molecule has 4 heterocycles. The summed E-state index contributed by atoms with van der Waals surface area (Å²) in [4.78, 5) is 10.6. The van der Waals surface area contributed by atoms with Gasteiger partial charge in [-0.15, -0.1) is 45.3 Å². The third-order valence-electron chi connectivity index (χ3n) is 9.93. The summed E-state index contributed by atoms with van der Waals surface area (Å²) in [5.41, 5.74) is 1.20. The van der Waals surface area contributed by atoms with Gasteiger partial charge in [0.25, 0.3) is 0 Å². The Kier molecular flexibility index (Phi) is 14.5. The number of aromatic nitrogens is 1. The third kappa shape index (κ3) is 8.97. The first-order valence-corrected chi connectivity index (χ1v) is 22.3. The predicted octanol–water partition coefficient (Wildman–Crippen LogP) is 15.2. The van der Waals surface area contributed by atoms with Crippen molar-refractivity contribution in [2.24, 2.45) is 11.8 Å². The average molecular weight is 726 g/mol. The zero-order chi connectivity index (χ0) is 34.0. The Balaban J connectivity index is 1.54. The molecule has 0 aliphatic rings. The second kappa shape index (κ2) is 18.5. The zero-order valence-electron chi connectivity index (χ0n) is 30.7. The van der Waals surface area contributed by atoms with Crippen molar-refractivity contribution in [2.45, 2.75) is 145 Å². The van der Waals surface area contributed by atoms with E-state index in [-0.39, 0.29) is 0 Å². The molecular formula is C41H59NO2S4. The van der Waals surface area contributed by atoms with Crippen molar-refractivity contribution in [1.82, 2.24) is 4.98 Å². The first kappa shape index (κ1) is 37.6. The number of thiazole rings is 1. The molecule has 0 spiro atoms. The highest BCUT2D eigenvalue weighted by Gasteiger charge is 2.25. The van der Waals surface area contributed by atoms with E-state index in [4.69, 9.17) is 14.5 Å². The molecule has 0 N–H and O–H groups in total. The maximum atomic E-state index is 6.93. The van der Waals surface area contributed by atoms with Crippen LogP contribution in [-0.2, 0) is 6.42 Å². The number of hydrogen-bond donors (Lipinski definition) is 0. The fraction of sp³-hybridized carbons (Fsp3) is 0.634. The average Bonchev–Trinajstić information content (AvgIpc) is 3.87. The molecule has 2 atom stereocenters. The Bertz CT molecular complexity index is 1650. The molecule has 0 fully saturated rings. The van der Waals surface area contributed by atoms with Gasteiger partial charge in [0.1, 0.15) is 17.0 Å². The third-order valence-corrected chi connectivity index (χ3v) is 14.8. The second-order valence-electron chi connectivity index (χ2n) is 13.9. The highest BCUT2D eigenvalue weighted by Crippen LogP contribution is 2.53. The van der Waals surface area contributed by atoms with Crippen molar-refractivity contribution in [3.05, 3.63) is 26.9 Å². The number of ether oxygens (including phenoxy) is 2. The molecule has 5 aromatic rings. The van der Waals surface area contributed by atoms with Crippen LogP contribution in [0.2, 0.25) is 0 Å². The van der Waals surface area contributed by atoms with Gasteiger partial charge in [-0.05, 0) is 63.5 Å². The Morgan fingerprint density at radius 2 is 1.21 bits per heavy atom. The van der Waals surface area contributed by atoms with Gasteiger partial charge in [-0.3, -0.25) is 0 Å². The molecule has 0 bridgehead atoms. The van der Waals surface area contributed by atoms with Gasteiger partial charge in [0.05, 0.1) is 37.2 Å². The molecule has 0 aliphatic carbocycles. The topological polar surface area (TPSA) is 31.4 Å². The van der Waals surface area contributed by atoms with Crippen LogP contribution >= 0.6 is 45.3 Å². The molecule has 3 nitrogen and oxygen atoms in total. The molecule has 7 heteroatoms. The van der Waals surface area contributed by atoms with Crippen molar-refractivity contribution < 1.29 is 9.47 Å². The van der Waals surface area contributed by atoms with E-state index in [0.717, 1.165) is 44.0 Å². The number of hydrogen-bond acceptors (Lipinski definition) is 7. The largest absolute Gasteiger partial charge is 0.491 e. The van der Waals surface area contributed by atoms with Gasteiger partial charge in [0.15, 0.2) is 0 Å². The normalized spacial score (nSPS) is 13.3. The van der Waals surface area contributed by atoms with Crippen LogP contribution in [-0.4, -0.2) is 18.2 Å². The summed E-state index contributed by atoms with van der Waals surface area (Å²) in [6.45, 7) is 17.5. The summed E-state index contributed by atoms with van der Waals surface area (Å²) in [5, 5.41) is 3.74. The van der Waals surface area contributed by atoms with Crippen LogP contribution < -0.4 is 9.47 Å². The minimum atomic E-state index is 0.577. The summed E-state index contributed by atoms with van der Waals surface area (Å²) in [6, 6.07) is 4.75. The molecule has 264 valence electrons. The predicted molar refractivity (Wildman–Crippen MR) is 218 cm³/mol. The number of rotatable bonds is 22. The molecule has 1 aromatic carbocycles. The summed E-state index contributed by atoms with van der Waals surface area (Å²) >= 11 is 7.58. The SMILES string of the molecule is CCCCCCCCc1nc2c(-c3cc4c(OCC(CC)CCCC)c5sc(C)cc5c(OCC(CC)CCCC)c4s3)sc(C)c2s1. The van der Waals surface area contributed by atoms with Crippen molar-refractivity contribution in [2.75, 3.05) is 13.2 Å². The smallest absolute Gasteiger partial charge is 0.146 e. The van der Waals surface area contributed by atoms with Gasteiger partial charge < -0.3 is 9.47 Å². The maximum absolute atomic E-state index is 6.93. The van der Waals surface area contributed by atoms with E-state index in [0.29, 0.717) is 11.8 Å². The van der Waals surface area contributed by atoms with Crippen LogP contribution in [0.3, 0.4) is 0 Å². The van der Waals surface area contributed by atoms with Gasteiger partial charge >= 0.3 is 0 Å². The Morgan fingerprint density at radius 1 is 0.625 bits per heavy atom. The maximum Gasteiger partial charge on any atom is 0.146 e. The number of nitrogens with zero attached hydrogens (tertiary/aromatic N) is 1. The van der Waals surface area contributed by atoms with E-state index in [1.54, 1.807) is 0 Å². The summed E-state index contributed by atoms with van der Waals surface area (Å²) < 4.78 is 17.7. The van der Waals surface area contributed by atoms with Gasteiger partial charge in [0.2, 0.25) is 0 Å². The van der Waals surface area contributed by atoms with Crippen molar-refractivity contribution >= 4 is 75.7 Å². The molecule has 0 amide bonds. The minimum absolute atomic E-state index is 0.577. The number of unbranched alkanes of at least 4 members (excludes halogenated alkanes) is 7. The fourth-order valence-electron chi connectivity index (χ4n) is 6.76. The molecule has 0 aliphatic heterocycles.